The Kier molecular flexibility index (Phi) is 6.42. The predicted octanol–water partition coefficient (Wildman–Crippen LogP) is 2.43. The molecule has 1 saturated carbocycles. The molecule has 0 heterocycles. The zero-order chi connectivity index (χ0) is 16.5. The maximum Gasteiger partial charge on any atom is 0.191 e. The van der Waals surface area contributed by atoms with Gasteiger partial charge in [-0.3, -0.25) is 4.99 Å². The number of rotatable bonds is 7. The van der Waals surface area contributed by atoms with E-state index in [0.717, 1.165) is 31.1 Å². The summed E-state index contributed by atoms with van der Waals surface area (Å²) < 4.78 is 5.23. The molecule has 124 valence electrons. The summed E-state index contributed by atoms with van der Waals surface area (Å²) in [6.45, 7) is 2.39. The Balaban J connectivity index is 1.82. The van der Waals surface area contributed by atoms with Crippen LogP contribution in [0.4, 0.5) is 0 Å². The third kappa shape index (κ3) is 4.97. The van der Waals surface area contributed by atoms with Crippen LogP contribution in [0.5, 0.6) is 0 Å². The van der Waals surface area contributed by atoms with Gasteiger partial charge in [-0.25, -0.2) is 0 Å². The van der Waals surface area contributed by atoms with Crippen LogP contribution in [0, 0.1) is 16.7 Å². The quantitative estimate of drug-likeness (QED) is 0.599. The van der Waals surface area contributed by atoms with Gasteiger partial charge in [-0.15, -0.1) is 0 Å². The fraction of sp³-hybridized carbons (Fsp3) is 0.556. The van der Waals surface area contributed by atoms with E-state index in [1.165, 1.54) is 19.3 Å². The van der Waals surface area contributed by atoms with Gasteiger partial charge < -0.3 is 15.4 Å². The fourth-order valence-corrected chi connectivity index (χ4v) is 2.94. The monoisotopic (exact) mass is 314 g/mol. The molecule has 1 aliphatic carbocycles. The number of methoxy groups -OCH3 is 1. The van der Waals surface area contributed by atoms with Crippen molar-refractivity contribution in [1.29, 1.82) is 5.26 Å². The van der Waals surface area contributed by atoms with Crippen LogP contribution in [-0.4, -0.2) is 33.3 Å². The van der Waals surface area contributed by atoms with Gasteiger partial charge >= 0.3 is 0 Å². The van der Waals surface area contributed by atoms with E-state index in [-0.39, 0.29) is 0 Å². The molecule has 2 rings (SSSR count). The molecule has 2 N–H and O–H groups in total. The first-order valence-corrected chi connectivity index (χ1v) is 8.14. The zero-order valence-electron chi connectivity index (χ0n) is 14.1. The number of nitrogens with zero attached hydrogens (tertiary/aromatic N) is 2. The summed E-state index contributed by atoms with van der Waals surface area (Å²) in [6.07, 6.45) is 4.91. The van der Waals surface area contributed by atoms with Crippen molar-refractivity contribution in [3.05, 3.63) is 35.4 Å². The van der Waals surface area contributed by atoms with E-state index in [4.69, 9.17) is 10.00 Å². The fourth-order valence-electron chi connectivity index (χ4n) is 2.94. The largest absolute Gasteiger partial charge is 0.385 e. The van der Waals surface area contributed by atoms with Crippen LogP contribution < -0.4 is 10.6 Å². The van der Waals surface area contributed by atoms with E-state index in [0.29, 0.717) is 17.5 Å². The standard InChI is InChI=1S/C18H26N4O/c1-20-17(21-13-16-6-3-5-15(11-16)12-19)22-14-18(7-4-8-18)9-10-23-2/h3,5-6,11H,4,7-10,13-14H2,1-2H3,(H2,20,21,22). The van der Waals surface area contributed by atoms with Gasteiger partial charge in [-0.1, -0.05) is 18.6 Å². The lowest BCUT2D eigenvalue weighted by atomic mass is 9.67. The van der Waals surface area contributed by atoms with Crippen LogP contribution in [0.1, 0.15) is 36.8 Å². The molecular weight excluding hydrogens is 288 g/mol. The lowest BCUT2D eigenvalue weighted by molar-refractivity contribution is 0.0732. The summed E-state index contributed by atoms with van der Waals surface area (Å²) >= 11 is 0. The maximum absolute atomic E-state index is 8.95. The average molecular weight is 314 g/mol. The summed E-state index contributed by atoms with van der Waals surface area (Å²) in [5.41, 5.74) is 2.11. The van der Waals surface area contributed by atoms with Gasteiger partial charge in [0.1, 0.15) is 0 Å². The molecule has 0 unspecified atom stereocenters. The highest BCUT2D eigenvalue weighted by Crippen LogP contribution is 2.43. The average Bonchev–Trinajstić information content (AvgIpc) is 2.56. The third-order valence-corrected chi connectivity index (χ3v) is 4.62. The second-order valence-corrected chi connectivity index (χ2v) is 6.19. The molecule has 0 bridgehead atoms. The van der Waals surface area contributed by atoms with Crippen LogP contribution in [0.15, 0.2) is 29.3 Å². The van der Waals surface area contributed by atoms with Crippen molar-refractivity contribution in [1.82, 2.24) is 10.6 Å². The first-order valence-electron chi connectivity index (χ1n) is 8.14. The first kappa shape index (κ1) is 17.3. The summed E-state index contributed by atoms with van der Waals surface area (Å²) in [6, 6.07) is 9.78. The Morgan fingerprint density at radius 2 is 2.22 bits per heavy atom. The van der Waals surface area contributed by atoms with Crippen molar-refractivity contribution in [2.45, 2.75) is 32.2 Å². The van der Waals surface area contributed by atoms with Gasteiger partial charge in [0.05, 0.1) is 11.6 Å². The van der Waals surface area contributed by atoms with Crippen molar-refractivity contribution in [3.8, 4) is 6.07 Å². The highest BCUT2D eigenvalue weighted by atomic mass is 16.5. The van der Waals surface area contributed by atoms with E-state index >= 15 is 0 Å². The van der Waals surface area contributed by atoms with E-state index < -0.39 is 0 Å². The van der Waals surface area contributed by atoms with Crippen molar-refractivity contribution in [2.24, 2.45) is 10.4 Å². The molecule has 5 heteroatoms. The second kappa shape index (κ2) is 8.54. The molecule has 0 radical (unpaired) electrons. The smallest absolute Gasteiger partial charge is 0.191 e. The SMILES string of the molecule is CN=C(NCc1cccc(C#N)c1)NCC1(CCOC)CCC1. The van der Waals surface area contributed by atoms with Crippen LogP contribution in [0.3, 0.4) is 0 Å². The Morgan fingerprint density at radius 3 is 2.83 bits per heavy atom. The number of guanidine groups is 1. The molecule has 0 aliphatic heterocycles. The minimum Gasteiger partial charge on any atom is -0.385 e. The van der Waals surface area contributed by atoms with E-state index in [1.807, 2.05) is 24.3 Å². The van der Waals surface area contributed by atoms with Crippen LogP contribution in [0.2, 0.25) is 0 Å². The van der Waals surface area contributed by atoms with Gasteiger partial charge in [0.25, 0.3) is 0 Å². The molecule has 1 fully saturated rings. The molecule has 0 saturated heterocycles. The number of nitrogens with one attached hydrogen (secondary N) is 2. The lowest BCUT2D eigenvalue weighted by Crippen LogP contribution is -2.46. The van der Waals surface area contributed by atoms with Gasteiger partial charge in [0.2, 0.25) is 0 Å². The molecule has 0 aromatic heterocycles. The Bertz CT molecular complexity index is 573. The highest BCUT2D eigenvalue weighted by molar-refractivity contribution is 5.79. The summed E-state index contributed by atoms with van der Waals surface area (Å²) in [7, 11) is 3.54. The molecule has 5 nitrogen and oxygen atoms in total. The molecule has 0 atom stereocenters. The molecule has 1 aromatic carbocycles. The normalized spacial score (nSPS) is 16.3. The highest BCUT2D eigenvalue weighted by Gasteiger charge is 2.36. The van der Waals surface area contributed by atoms with Crippen molar-refractivity contribution in [2.75, 3.05) is 27.3 Å². The number of benzene rings is 1. The van der Waals surface area contributed by atoms with Gasteiger partial charge in [-0.2, -0.15) is 5.26 Å². The number of ether oxygens (including phenoxy) is 1. The van der Waals surface area contributed by atoms with Gasteiger partial charge in [0.15, 0.2) is 5.96 Å². The van der Waals surface area contributed by atoms with Crippen LogP contribution >= 0.6 is 0 Å². The molecule has 23 heavy (non-hydrogen) atoms. The Morgan fingerprint density at radius 1 is 1.39 bits per heavy atom. The summed E-state index contributed by atoms with van der Waals surface area (Å²) in [5, 5.41) is 15.7. The Hall–Kier alpha value is -2.06. The zero-order valence-corrected chi connectivity index (χ0v) is 14.1. The third-order valence-electron chi connectivity index (χ3n) is 4.62. The molecule has 0 amide bonds. The maximum atomic E-state index is 8.95. The summed E-state index contributed by atoms with van der Waals surface area (Å²) in [4.78, 5) is 4.29. The molecular formula is C18H26N4O. The first-order chi connectivity index (χ1) is 11.2. The number of hydrogen-bond donors (Lipinski definition) is 2. The van der Waals surface area contributed by atoms with Crippen molar-refractivity contribution < 1.29 is 4.74 Å². The van der Waals surface area contributed by atoms with Crippen LogP contribution in [-0.2, 0) is 11.3 Å². The Labute approximate surface area is 138 Å². The van der Waals surface area contributed by atoms with E-state index in [9.17, 15) is 0 Å². The van der Waals surface area contributed by atoms with Crippen molar-refractivity contribution in [3.63, 3.8) is 0 Å². The molecule has 0 spiro atoms. The minimum absolute atomic E-state index is 0.356. The van der Waals surface area contributed by atoms with E-state index in [1.54, 1.807) is 14.2 Å². The molecule has 1 aliphatic rings. The topological polar surface area (TPSA) is 69.4 Å². The van der Waals surface area contributed by atoms with Crippen LogP contribution in [0.25, 0.3) is 0 Å². The van der Waals surface area contributed by atoms with Gasteiger partial charge in [0, 0.05) is 33.9 Å². The molecule has 1 aromatic rings. The number of aliphatic imine (C=N–C) groups is 1. The van der Waals surface area contributed by atoms with Crippen molar-refractivity contribution >= 4 is 5.96 Å². The van der Waals surface area contributed by atoms with E-state index in [2.05, 4.69) is 21.7 Å². The summed E-state index contributed by atoms with van der Waals surface area (Å²) in [5.74, 6) is 0.802. The number of nitriles is 1. The lowest BCUT2D eigenvalue weighted by Gasteiger charge is -2.42. The minimum atomic E-state index is 0.356. The predicted molar refractivity (Wildman–Crippen MR) is 92.1 cm³/mol. The second-order valence-electron chi connectivity index (χ2n) is 6.19. The van der Waals surface area contributed by atoms with Gasteiger partial charge in [-0.05, 0) is 42.4 Å². The number of hydrogen-bond acceptors (Lipinski definition) is 3.